The van der Waals surface area contributed by atoms with Crippen molar-refractivity contribution in [2.24, 2.45) is 0 Å². The molecule has 0 fully saturated rings. The quantitative estimate of drug-likeness (QED) is 0.842. The van der Waals surface area contributed by atoms with Crippen molar-refractivity contribution in [3.05, 3.63) is 33.8 Å². The SMILES string of the molecule is CCOC(=O)C(C)(NC(C)C)c1ccc(Cl)cc1Cl. The number of ether oxygens (including phenoxy) is 1. The number of hydrogen-bond acceptors (Lipinski definition) is 3. The summed E-state index contributed by atoms with van der Waals surface area (Å²) in [5.41, 5.74) is -0.336. The Balaban J connectivity index is 3.26. The highest BCUT2D eigenvalue weighted by Gasteiger charge is 2.38. The van der Waals surface area contributed by atoms with Crippen molar-refractivity contribution in [1.29, 1.82) is 0 Å². The van der Waals surface area contributed by atoms with Crippen LogP contribution in [0.25, 0.3) is 0 Å². The molecule has 0 aliphatic rings. The molecule has 0 heterocycles. The van der Waals surface area contributed by atoms with E-state index < -0.39 is 5.54 Å². The molecule has 1 aromatic rings. The Labute approximate surface area is 124 Å². The molecule has 5 heteroatoms. The van der Waals surface area contributed by atoms with Gasteiger partial charge >= 0.3 is 5.97 Å². The first-order chi connectivity index (χ1) is 8.81. The van der Waals surface area contributed by atoms with Gasteiger partial charge in [-0.1, -0.05) is 29.3 Å². The highest BCUT2D eigenvalue weighted by Crippen LogP contribution is 2.31. The number of halogens is 2. The van der Waals surface area contributed by atoms with Crippen molar-refractivity contribution < 1.29 is 9.53 Å². The lowest BCUT2D eigenvalue weighted by Gasteiger charge is -2.31. The average Bonchev–Trinajstić information content (AvgIpc) is 2.27. The summed E-state index contributed by atoms with van der Waals surface area (Å²) in [6.07, 6.45) is 0. The van der Waals surface area contributed by atoms with E-state index in [4.69, 9.17) is 27.9 Å². The minimum absolute atomic E-state index is 0.0983. The molecule has 0 aliphatic heterocycles. The molecule has 0 amide bonds. The van der Waals surface area contributed by atoms with Crippen LogP contribution in [0.1, 0.15) is 33.3 Å². The van der Waals surface area contributed by atoms with Gasteiger partial charge in [-0.2, -0.15) is 0 Å². The lowest BCUT2D eigenvalue weighted by Crippen LogP contribution is -2.50. The number of nitrogens with one attached hydrogen (secondary N) is 1. The van der Waals surface area contributed by atoms with Crippen LogP contribution in [-0.2, 0) is 15.1 Å². The number of benzene rings is 1. The van der Waals surface area contributed by atoms with Crippen LogP contribution < -0.4 is 5.32 Å². The third-order valence-corrected chi connectivity index (χ3v) is 3.28. The molecule has 0 aromatic heterocycles. The summed E-state index contributed by atoms with van der Waals surface area (Å²) in [5.74, 6) is -0.354. The predicted molar refractivity (Wildman–Crippen MR) is 78.7 cm³/mol. The molecule has 0 aliphatic carbocycles. The van der Waals surface area contributed by atoms with Crippen LogP contribution in [0.3, 0.4) is 0 Å². The van der Waals surface area contributed by atoms with E-state index in [0.29, 0.717) is 22.2 Å². The van der Waals surface area contributed by atoms with E-state index in [9.17, 15) is 4.79 Å². The summed E-state index contributed by atoms with van der Waals surface area (Å²) in [6.45, 7) is 7.78. The first-order valence-electron chi connectivity index (χ1n) is 6.21. The van der Waals surface area contributed by atoms with Gasteiger partial charge in [0, 0.05) is 21.7 Å². The normalized spacial score (nSPS) is 14.3. The molecular formula is C14H19Cl2NO2. The van der Waals surface area contributed by atoms with Crippen molar-refractivity contribution in [1.82, 2.24) is 5.32 Å². The van der Waals surface area contributed by atoms with E-state index in [-0.39, 0.29) is 12.0 Å². The minimum Gasteiger partial charge on any atom is -0.464 e. The third-order valence-electron chi connectivity index (χ3n) is 2.73. The Hall–Kier alpha value is -0.770. The standard InChI is InChI=1S/C14H19Cl2NO2/c1-5-19-13(18)14(4,17-9(2)3)11-7-6-10(15)8-12(11)16/h6-9,17H,5H2,1-4H3. The van der Waals surface area contributed by atoms with Crippen molar-refractivity contribution in [3.8, 4) is 0 Å². The summed E-state index contributed by atoms with van der Waals surface area (Å²) in [5, 5.41) is 4.19. The van der Waals surface area contributed by atoms with Gasteiger partial charge in [-0.3, -0.25) is 5.32 Å². The Morgan fingerprint density at radius 1 is 1.42 bits per heavy atom. The zero-order valence-electron chi connectivity index (χ0n) is 11.6. The lowest BCUT2D eigenvalue weighted by atomic mass is 9.91. The van der Waals surface area contributed by atoms with Gasteiger partial charge in [-0.15, -0.1) is 0 Å². The molecule has 0 radical (unpaired) electrons. The molecule has 3 nitrogen and oxygen atoms in total. The number of esters is 1. The molecule has 1 rings (SSSR count). The monoisotopic (exact) mass is 303 g/mol. The molecule has 0 saturated heterocycles. The maximum absolute atomic E-state index is 12.3. The first-order valence-corrected chi connectivity index (χ1v) is 6.97. The van der Waals surface area contributed by atoms with E-state index in [1.807, 2.05) is 13.8 Å². The van der Waals surface area contributed by atoms with Crippen LogP contribution in [0.2, 0.25) is 10.0 Å². The fourth-order valence-electron chi connectivity index (χ4n) is 1.99. The lowest BCUT2D eigenvalue weighted by molar-refractivity contribution is -0.151. The van der Waals surface area contributed by atoms with Crippen molar-refractivity contribution in [2.45, 2.75) is 39.3 Å². The van der Waals surface area contributed by atoms with Gasteiger partial charge < -0.3 is 4.74 Å². The minimum atomic E-state index is -0.994. The molecule has 19 heavy (non-hydrogen) atoms. The largest absolute Gasteiger partial charge is 0.464 e. The number of carbonyl (C=O) groups excluding carboxylic acids is 1. The summed E-state index contributed by atoms with van der Waals surface area (Å²) in [7, 11) is 0. The van der Waals surface area contributed by atoms with Crippen molar-refractivity contribution >= 4 is 29.2 Å². The topological polar surface area (TPSA) is 38.3 Å². The van der Waals surface area contributed by atoms with Gasteiger partial charge in [0.2, 0.25) is 0 Å². The highest BCUT2D eigenvalue weighted by molar-refractivity contribution is 6.35. The van der Waals surface area contributed by atoms with Gasteiger partial charge in [0.05, 0.1) is 6.61 Å². The molecule has 1 atom stereocenters. The van der Waals surface area contributed by atoms with E-state index in [0.717, 1.165) is 0 Å². The van der Waals surface area contributed by atoms with Crippen molar-refractivity contribution in [2.75, 3.05) is 6.61 Å². The van der Waals surface area contributed by atoms with E-state index in [1.54, 1.807) is 32.0 Å². The number of hydrogen-bond donors (Lipinski definition) is 1. The molecule has 0 saturated carbocycles. The van der Waals surface area contributed by atoms with Gasteiger partial charge in [0.1, 0.15) is 5.54 Å². The maximum Gasteiger partial charge on any atom is 0.330 e. The molecule has 106 valence electrons. The second-order valence-electron chi connectivity index (χ2n) is 4.77. The van der Waals surface area contributed by atoms with Crippen LogP contribution in [0.15, 0.2) is 18.2 Å². The molecule has 1 N–H and O–H groups in total. The summed E-state index contributed by atoms with van der Waals surface area (Å²) in [4.78, 5) is 12.3. The maximum atomic E-state index is 12.3. The second kappa shape index (κ2) is 6.60. The third kappa shape index (κ3) is 3.85. The van der Waals surface area contributed by atoms with Crippen LogP contribution in [0.5, 0.6) is 0 Å². The van der Waals surface area contributed by atoms with Gasteiger partial charge in [0.25, 0.3) is 0 Å². The summed E-state index contributed by atoms with van der Waals surface area (Å²) in [6, 6.07) is 5.18. The fraction of sp³-hybridized carbons (Fsp3) is 0.500. The molecule has 1 aromatic carbocycles. The molecular weight excluding hydrogens is 285 g/mol. The van der Waals surface area contributed by atoms with E-state index >= 15 is 0 Å². The molecule has 1 unspecified atom stereocenters. The Kier molecular flexibility index (Phi) is 5.65. The van der Waals surface area contributed by atoms with Gasteiger partial charge in [-0.25, -0.2) is 4.79 Å². The van der Waals surface area contributed by atoms with E-state index in [2.05, 4.69) is 5.32 Å². The average molecular weight is 304 g/mol. The number of carbonyl (C=O) groups is 1. The van der Waals surface area contributed by atoms with Crippen LogP contribution in [-0.4, -0.2) is 18.6 Å². The Morgan fingerprint density at radius 2 is 2.05 bits per heavy atom. The van der Waals surface area contributed by atoms with Crippen molar-refractivity contribution in [3.63, 3.8) is 0 Å². The Morgan fingerprint density at radius 3 is 2.53 bits per heavy atom. The van der Waals surface area contributed by atoms with Gasteiger partial charge in [0.15, 0.2) is 0 Å². The van der Waals surface area contributed by atoms with Crippen LogP contribution in [0.4, 0.5) is 0 Å². The zero-order chi connectivity index (χ0) is 14.6. The zero-order valence-corrected chi connectivity index (χ0v) is 13.1. The van der Waals surface area contributed by atoms with Crippen LogP contribution >= 0.6 is 23.2 Å². The highest BCUT2D eigenvalue weighted by atomic mass is 35.5. The first kappa shape index (κ1) is 16.3. The van der Waals surface area contributed by atoms with Gasteiger partial charge in [-0.05, 0) is 39.8 Å². The fourth-order valence-corrected chi connectivity index (χ4v) is 2.59. The summed E-state index contributed by atoms with van der Waals surface area (Å²) < 4.78 is 5.15. The predicted octanol–water partition coefficient (Wildman–Crippen LogP) is 3.77. The molecule has 0 bridgehead atoms. The number of rotatable bonds is 5. The second-order valence-corrected chi connectivity index (χ2v) is 5.61. The summed E-state index contributed by atoms with van der Waals surface area (Å²) >= 11 is 12.1. The van der Waals surface area contributed by atoms with E-state index in [1.165, 1.54) is 0 Å². The smallest absolute Gasteiger partial charge is 0.330 e. The molecule has 0 spiro atoms. The van der Waals surface area contributed by atoms with Crippen LogP contribution in [0, 0.1) is 0 Å². The Bertz CT molecular complexity index is 463.